The van der Waals surface area contributed by atoms with E-state index in [1.807, 2.05) is 29.1 Å². The third-order valence-corrected chi connectivity index (χ3v) is 1.70. The SMILES string of the molecule is OCc1cc[n+](CCS)cc1. The fraction of sp³-hybridized carbons (Fsp3) is 0.375. The van der Waals surface area contributed by atoms with Crippen molar-refractivity contribution in [1.29, 1.82) is 0 Å². The van der Waals surface area contributed by atoms with Gasteiger partial charge in [0.15, 0.2) is 18.9 Å². The zero-order valence-electron chi connectivity index (χ0n) is 6.27. The number of aliphatic hydroxyl groups excluding tert-OH is 1. The maximum atomic E-state index is 8.73. The van der Waals surface area contributed by atoms with Crippen LogP contribution in [0.1, 0.15) is 5.56 Å². The molecule has 1 aromatic heterocycles. The van der Waals surface area contributed by atoms with E-state index in [1.54, 1.807) is 0 Å². The number of pyridine rings is 1. The van der Waals surface area contributed by atoms with Gasteiger partial charge in [0.25, 0.3) is 0 Å². The van der Waals surface area contributed by atoms with Crippen LogP contribution in [0.3, 0.4) is 0 Å². The zero-order valence-corrected chi connectivity index (χ0v) is 7.17. The van der Waals surface area contributed by atoms with E-state index in [4.69, 9.17) is 5.11 Å². The molecule has 0 amide bonds. The lowest BCUT2D eigenvalue weighted by atomic mass is 10.3. The van der Waals surface area contributed by atoms with Crippen LogP contribution < -0.4 is 4.57 Å². The van der Waals surface area contributed by atoms with Gasteiger partial charge in [-0.3, -0.25) is 0 Å². The highest BCUT2D eigenvalue weighted by molar-refractivity contribution is 7.80. The summed E-state index contributed by atoms with van der Waals surface area (Å²) in [7, 11) is 0. The second-order valence-corrected chi connectivity index (χ2v) is 2.77. The van der Waals surface area contributed by atoms with Crippen molar-refractivity contribution >= 4 is 12.6 Å². The minimum absolute atomic E-state index is 0.113. The molecule has 2 nitrogen and oxygen atoms in total. The summed E-state index contributed by atoms with van der Waals surface area (Å²) in [5.74, 6) is 0.836. The van der Waals surface area contributed by atoms with E-state index in [2.05, 4.69) is 12.6 Å². The molecule has 0 fully saturated rings. The molecule has 1 N–H and O–H groups in total. The van der Waals surface area contributed by atoms with Crippen molar-refractivity contribution in [2.24, 2.45) is 0 Å². The third kappa shape index (κ3) is 2.52. The molecule has 3 heteroatoms. The molecule has 1 aromatic rings. The summed E-state index contributed by atoms with van der Waals surface area (Å²) in [6.07, 6.45) is 3.89. The summed E-state index contributed by atoms with van der Waals surface area (Å²) in [6, 6.07) is 3.81. The lowest BCUT2D eigenvalue weighted by Crippen LogP contribution is -2.33. The topological polar surface area (TPSA) is 24.1 Å². The maximum absolute atomic E-state index is 8.73. The largest absolute Gasteiger partial charge is 0.392 e. The first-order valence-electron chi connectivity index (χ1n) is 3.56. The van der Waals surface area contributed by atoms with Gasteiger partial charge in [0, 0.05) is 17.9 Å². The molecule has 0 aliphatic carbocycles. The average molecular weight is 170 g/mol. The number of hydrogen-bond donors (Lipinski definition) is 2. The molecule has 0 saturated heterocycles. The summed E-state index contributed by atoms with van der Waals surface area (Å²) in [5.41, 5.74) is 0.945. The molecule has 60 valence electrons. The summed E-state index contributed by atoms with van der Waals surface area (Å²) in [4.78, 5) is 0. The maximum Gasteiger partial charge on any atom is 0.169 e. The standard InChI is InChI=1S/C8H11NOS/c10-7-8-1-3-9(4-2-8)5-6-11/h1-4,10H,5-7H2/p+1. The van der Waals surface area contributed by atoms with E-state index in [-0.39, 0.29) is 6.61 Å². The Hall–Kier alpha value is -0.540. The molecule has 0 unspecified atom stereocenters. The molecule has 0 bridgehead atoms. The van der Waals surface area contributed by atoms with Crippen LogP contribution in [0.4, 0.5) is 0 Å². The number of hydrogen-bond acceptors (Lipinski definition) is 2. The molecule has 0 spiro atoms. The molecule has 1 rings (SSSR count). The minimum Gasteiger partial charge on any atom is -0.392 e. The molecule has 0 aliphatic heterocycles. The van der Waals surface area contributed by atoms with Crippen molar-refractivity contribution in [3.05, 3.63) is 30.1 Å². The Morgan fingerprint density at radius 3 is 2.45 bits per heavy atom. The number of aryl methyl sites for hydroxylation is 1. The van der Waals surface area contributed by atoms with E-state index in [0.29, 0.717) is 0 Å². The number of rotatable bonds is 3. The van der Waals surface area contributed by atoms with Gasteiger partial charge in [-0.25, -0.2) is 4.57 Å². The van der Waals surface area contributed by atoms with Crippen LogP contribution in [-0.4, -0.2) is 10.9 Å². The Morgan fingerprint density at radius 2 is 2.00 bits per heavy atom. The lowest BCUT2D eigenvalue weighted by molar-refractivity contribution is -0.692. The predicted molar refractivity (Wildman–Crippen MR) is 46.4 cm³/mol. The van der Waals surface area contributed by atoms with E-state index >= 15 is 0 Å². The summed E-state index contributed by atoms with van der Waals surface area (Å²) < 4.78 is 2.03. The highest BCUT2D eigenvalue weighted by Gasteiger charge is 1.96. The molecular weight excluding hydrogens is 158 g/mol. The Bertz CT molecular complexity index is 210. The Balaban J connectivity index is 2.66. The number of aliphatic hydroxyl groups is 1. The van der Waals surface area contributed by atoms with Crippen molar-refractivity contribution in [2.45, 2.75) is 13.2 Å². The van der Waals surface area contributed by atoms with Gasteiger partial charge in [0.1, 0.15) is 0 Å². The van der Waals surface area contributed by atoms with Crippen LogP contribution in [0.2, 0.25) is 0 Å². The van der Waals surface area contributed by atoms with Crippen molar-refractivity contribution in [3.63, 3.8) is 0 Å². The predicted octanol–water partition coefficient (Wildman–Crippen LogP) is 0.396. The Labute approximate surface area is 71.9 Å². The van der Waals surface area contributed by atoms with Crippen molar-refractivity contribution < 1.29 is 9.67 Å². The van der Waals surface area contributed by atoms with E-state index in [1.165, 1.54) is 0 Å². The second-order valence-electron chi connectivity index (χ2n) is 2.33. The van der Waals surface area contributed by atoms with Crippen LogP contribution in [0.5, 0.6) is 0 Å². The Morgan fingerprint density at radius 1 is 1.36 bits per heavy atom. The van der Waals surface area contributed by atoms with E-state index < -0.39 is 0 Å². The van der Waals surface area contributed by atoms with Gasteiger partial charge < -0.3 is 5.11 Å². The molecule has 1 heterocycles. The highest BCUT2D eigenvalue weighted by Crippen LogP contribution is 1.92. The molecule has 0 aromatic carbocycles. The number of nitrogens with zero attached hydrogens (tertiary/aromatic N) is 1. The monoisotopic (exact) mass is 170 g/mol. The molecule has 0 atom stereocenters. The van der Waals surface area contributed by atoms with E-state index in [9.17, 15) is 0 Å². The zero-order chi connectivity index (χ0) is 8.10. The summed E-state index contributed by atoms with van der Waals surface area (Å²) >= 11 is 4.11. The van der Waals surface area contributed by atoms with Gasteiger partial charge in [-0.1, -0.05) is 0 Å². The fourth-order valence-corrected chi connectivity index (χ4v) is 1.09. The van der Waals surface area contributed by atoms with Gasteiger partial charge in [-0.2, -0.15) is 12.6 Å². The Kier molecular flexibility index (Phi) is 3.39. The van der Waals surface area contributed by atoms with Gasteiger partial charge in [-0.15, -0.1) is 0 Å². The van der Waals surface area contributed by atoms with Gasteiger partial charge >= 0.3 is 0 Å². The third-order valence-electron chi connectivity index (χ3n) is 1.50. The first kappa shape index (κ1) is 8.56. The van der Waals surface area contributed by atoms with Crippen LogP contribution in [0.15, 0.2) is 24.5 Å². The normalized spacial score (nSPS) is 10.0. The van der Waals surface area contributed by atoms with Gasteiger partial charge in [0.2, 0.25) is 0 Å². The van der Waals surface area contributed by atoms with Crippen molar-refractivity contribution in [2.75, 3.05) is 5.75 Å². The van der Waals surface area contributed by atoms with Gasteiger partial charge in [-0.05, 0) is 5.56 Å². The van der Waals surface area contributed by atoms with Crippen LogP contribution >= 0.6 is 12.6 Å². The van der Waals surface area contributed by atoms with E-state index in [0.717, 1.165) is 17.9 Å². The molecule has 0 aliphatic rings. The van der Waals surface area contributed by atoms with Gasteiger partial charge in [0.05, 0.1) is 6.61 Å². The van der Waals surface area contributed by atoms with Crippen LogP contribution in [0, 0.1) is 0 Å². The first-order valence-corrected chi connectivity index (χ1v) is 4.20. The van der Waals surface area contributed by atoms with Crippen LogP contribution in [0.25, 0.3) is 0 Å². The smallest absolute Gasteiger partial charge is 0.169 e. The molecule has 11 heavy (non-hydrogen) atoms. The quantitative estimate of drug-likeness (QED) is 0.498. The highest BCUT2D eigenvalue weighted by atomic mass is 32.1. The lowest BCUT2D eigenvalue weighted by Gasteiger charge is -1.94. The molecular formula is C8H12NOS+. The molecule has 0 saturated carbocycles. The minimum atomic E-state index is 0.113. The van der Waals surface area contributed by atoms with Crippen LogP contribution in [-0.2, 0) is 13.2 Å². The summed E-state index contributed by atoms with van der Waals surface area (Å²) in [5, 5.41) is 8.73. The number of aromatic nitrogens is 1. The number of thiol groups is 1. The molecule has 0 radical (unpaired) electrons. The second kappa shape index (κ2) is 4.36. The van der Waals surface area contributed by atoms with Crippen molar-refractivity contribution in [3.8, 4) is 0 Å². The first-order chi connectivity index (χ1) is 5.36. The summed E-state index contributed by atoms with van der Waals surface area (Å²) in [6.45, 7) is 1.02. The van der Waals surface area contributed by atoms with Crippen molar-refractivity contribution in [1.82, 2.24) is 0 Å². The average Bonchev–Trinajstić information content (AvgIpc) is 2.07. The fourth-order valence-electron chi connectivity index (χ4n) is 0.858.